The Kier molecular flexibility index (Phi) is 7.83. The molecule has 1 heterocycles. The maximum Gasteiger partial charge on any atom is 0.271 e. The summed E-state index contributed by atoms with van der Waals surface area (Å²) in [6.45, 7) is 2.65. The molecular weight excluding hydrogens is 491 g/mol. The van der Waals surface area contributed by atoms with Gasteiger partial charge in [-0.1, -0.05) is 36.2 Å². The van der Waals surface area contributed by atoms with Crippen molar-refractivity contribution in [1.82, 2.24) is 0 Å². The first-order valence-electron chi connectivity index (χ1n) is 10.6. The van der Waals surface area contributed by atoms with Crippen LogP contribution in [-0.4, -0.2) is 24.8 Å². The number of ether oxygens (including phenoxy) is 2. The molecular formula is C26H22Cl2N2O3S. The second kappa shape index (κ2) is 11.0. The topological polar surface area (TPSA) is 51.1 Å². The van der Waals surface area contributed by atoms with Crippen LogP contribution < -0.4 is 14.4 Å². The summed E-state index contributed by atoms with van der Waals surface area (Å²) in [5.74, 6) is 1.11. The molecule has 1 saturated heterocycles. The number of benzene rings is 3. The third-order valence-electron chi connectivity index (χ3n) is 4.89. The van der Waals surface area contributed by atoms with Gasteiger partial charge in [-0.25, -0.2) is 4.99 Å². The Morgan fingerprint density at radius 3 is 2.29 bits per heavy atom. The van der Waals surface area contributed by atoms with Gasteiger partial charge in [0.05, 0.1) is 30.0 Å². The van der Waals surface area contributed by atoms with Gasteiger partial charge in [-0.2, -0.15) is 0 Å². The van der Waals surface area contributed by atoms with Crippen molar-refractivity contribution in [1.29, 1.82) is 0 Å². The van der Waals surface area contributed by atoms with E-state index in [1.807, 2.05) is 43.3 Å². The number of carbonyl (C=O) groups is 1. The van der Waals surface area contributed by atoms with Crippen molar-refractivity contribution in [2.24, 2.45) is 4.99 Å². The van der Waals surface area contributed by atoms with Gasteiger partial charge in [0.1, 0.15) is 0 Å². The fourth-order valence-corrected chi connectivity index (χ4v) is 4.50. The first-order valence-corrected chi connectivity index (χ1v) is 12.2. The van der Waals surface area contributed by atoms with Gasteiger partial charge in [0.15, 0.2) is 16.7 Å². The maximum atomic E-state index is 13.5. The van der Waals surface area contributed by atoms with Gasteiger partial charge < -0.3 is 9.47 Å². The summed E-state index contributed by atoms with van der Waals surface area (Å²) in [6.07, 6.45) is 2.72. The molecule has 0 N–H and O–H groups in total. The normalized spacial score (nSPS) is 15.9. The molecule has 0 saturated carbocycles. The van der Waals surface area contributed by atoms with E-state index < -0.39 is 0 Å². The maximum absolute atomic E-state index is 13.5. The van der Waals surface area contributed by atoms with Gasteiger partial charge in [0, 0.05) is 10.0 Å². The Morgan fingerprint density at radius 1 is 0.971 bits per heavy atom. The summed E-state index contributed by atoms with van der Waals surface area (Å²) in [6, 6.07) is 19.8. The van der Waals surface area contributed by atoms with Crippen LogP contribution in [0.3, 0.4) is 0 Å². The average molecular weight is 513 g/mol. The van der Waals surface area contributed by atoms with Crippen LogP contribution in [0.1, 0.15) is 18.9 Å². The zero-order valence-electron chi connectivity index (χ0n) is 18.6. The fraction of sp³-hybridized carbons (Fsp3) is 0.154. The number of methoxy groups -OCH3 is 1. The van der Waals surface area contributed by atoms with E-state index in [1.54, 1.807) is 48.4 Å². The van der Waals surface area contributed by atoms with E-state index in [0.717, 1.165) is 12.0 Å². The number of hydrogen-bond donors (Lipinski definition) is 0. The van der Waals surface area contributed by atoms with Crippen LogP contribution in [0.4, 0.5) is 11.4 Å². The van der Waals surface area contributed by atoms with Crippen molar-refractivity contribution in [2.75, 3.05) is 18.6 Å². The first kappa shape index (κ1) is 24.2. The largest absolute Gasteiger partial charge is 0.493 e. The molecule has 174 valence electrons. The Labute approximate surface area is 213 Å². The lowest BCUT2D eigenvalue weighted by molar-refractivity contribution is -0.113. The van der Waals surface area contributed by atoms with Gasteiger partial charge in [0.2, 0.25) is 0 Å². The summed E-state index contributed by atoms with van der Waals surface area (Å²) >= 11 is 13.4. The van der Waals surface area contributed by atoms with E-state index in [-0.39, 0.29) is 5.91 Å². The summed E-state index contributed by atoms with van der Waals surface area (Å²) in [7, 11) is 1.60. The zero-order chi connectivity index (χ0) is 24.1. The van der Waals surface area contributed by atoms with Gasteiger partial charge in [-0.3, -0.25) is 9.69 Å². The van der Waals surface area contributed by atoms with Gasteiger partial charge in [0.25, 0.3) is 5.91 Å². The summed E-state index contributed by atoms with van der Waals surface area (Å²) < 4.78 is 11.2. The smallest absolute Gasteiger partial charge is 0.271 e. The summed E-state index contributed by atoms with van der Waals surface area (Å²) in [4.78, 5) is 20.3. The molecule has 5 nitrogen and oxygen atoms in total. The van der Waals surface area contributed by atoms with E-state index in [2.05, 4.69) is 0 Å². The molecule has 8 heteroatoms. The van der Waals surface area contributed by atoms with Crippen molar-refractivity contribution in [3.05, 3.63) is 87.2 Å². The molecule has 0 bridgehead atoms. The molecule has 1 aliphatic heterocycles. The lowest BCUT2D eigenvalue weighted by Crippen LogP contribution is -2.28. The molecule has 0 unspecified atom stereocenters. The van der Waals surface area contributed by atoms with E-state index >= 15 is 0 Å². The van der Waals surface area contributed by atoms with E-state index in [0.29, 0.717) is 49.6 Å². The molecule has 4 rings (SSSR count). The third-order valence-corrected chi connectivity index (χ3v) is 6.36. The number of rotatable bonds is 7. The number of amidine groups is 1. The van der Waals surface area contributed by atoms with Crippen LogP contribution in [0.2, 0.25) is 10.0 Å². The second-order valence-corrected chi connectivity index (χ2v) is 9.24. The van der Waals surface area contributed by atoms with Crippen molar-refractivity contribution in [3.8, 4) is 11.5 Å². The van der Waals surface area contributed by atoms with Crippen LogP contribution in [0.15, 0.2) is 76.6 Å². The molecule has 3 aromatic carbocycles. The molecule has 1 aliphatic rings. The molecule has 0 radical (unpaired) electrons. The number of thioether (sulfide) groups is 1. The molecule has 3 aromatic rings. The molecule has 0 atom stereocenters. The fourth-order valence-electron chi connectivity index (χ4n) is 3.25. The minimum absolute atomic E-state index is 0.176. The highest BCUT2D eigenvalue weighted by Gasteiger charge is 2.34. The number of aliphatic imine (C=N–C) groups is 1. The van der Waals surface area contributed by atoms with Crippen molar-refractivity contribution in [3.63, 3.8) is 0 Å². The van der Waals surface area contributed by atoms with Crippen LogP contribution in [-0.2, 0) is 4.79 Å². The summed E-state index contributed by atoms with van der Waals surface area (Å²) in [5, 5.41) is 1.75. The predicted octanol–water partition coefficient (Wildman–Crippen LogP) is 7.60. The quantitative estimate of drug-likeness (QED) is 0.305. The Bertz CT molecular complexity index is 1240. The highest BCUT2D eigenvalue weighted by Crippen LogP contribution is 2.38. The SMILES string of the molecule is CCCOc1ccc(/C=C2\SC(=Nc3ccc(Cl)cc3)N(c3ccc(Cl)cc3)C2=O)cc1OC. The number of carbonyl (C=O) groups excluding carboxylic acids is 1. The zero-order valence-corrected chi connectivity index (χ0v) is 21.0. The van der Waals surface area contributed by atoms with Crippen molar-refractivity contribution < 1.29 is 14.3 Å². The lowest BCUT2D eigenvalue weighted by atomic mass is 10.1. The standard InChI is InChI=1S/C26H22Cl2N2O3S/c1-3-14-33-22-13-4-17(15-23(22)32-2)16-24-25(31)30(21-11-7-19(28)8-12-21)26(34-24)29-20-9-5-18(27)6-10-20/h4-13,15-16H,3,14H2,1-2H3/b24-16-,29-26?. The molecule has 1 amide bonds. The third kappa shape index (κ3) is 5.58. The van der Waals surface area contributed by atoms with Gasteiger partial charge >= 0.3 is 0 Å². The number of nitrogens with zero attached hydrogens (tertiary/aromatic N) is 2. The van der Waals surface area contributed by atoms with Crippen LogP contribution in [0.5, 0.6) is 11.5 Å². The van der Waals surface area contributed by atoms with E-state index in [1.165, 1.54) is 11.8 Å². The molecule has 34 heavy (non-hydrogen) atoms. The summed E-state index contributed by atoms with van der Waals surface area (Å²) in [5.41, 5.74) is 2.19. The van der Waals surface area contributed by atoms with E-state index in [9.17, 15) is 4.79 Å². The van der Waals surface area contributed by atoms with Gasteiger partial charge in [-0.05, 0) is 90.5 Å². The number of amides is 1. The second-order valence-electron chi connectivity index (χ2n) is 7.36. The lowest BCUT2D eigenvalue weighted by Gasteiger charge is -2.15. The molecule has 1 fully saturated rings. The van der Waals surface area contributed by atoms with Crippen molar-refractivity contribution in [2.45, 2.75) is 13.3 Å². The Balaban J connectivity index is 1.71. The van der Waals surface area contributed by atoms with Crippen molar-refractivity contribution >= 4 is 63.5 Å². The average Bonchev–Trinajstić information content (AvgIpc) is 3.14. The highest BCUT2D eigenvalue weighted by molar-refractivity contribution is 8.19. The number of anilines is 1. The predicted molar refractivity (Wildman–Crippen MR) is 142 cm³/mol. The van der Waals surface area contributed by atoms with Gasteiger partial charge in [-0.15, -0.1) is 0 Å². The Hall–Kier alpha value is -2.93. The monoisotopic (exact) mass is 512 g/mol. The van der Waals surface area contributed by atoms with Crippen LogP contribution in [0, 0.1) is 0 Å². The molecule has 0 aliphatic carbocycles. The van der Waals surface area contributed by atoms with Crippen LogP contribution >= 0.6 is 35.0 Å². The number of hydrogen-bond acceptors (Lipinski definition) is 5. The molecule has 0 spiro atoms. The molecule has 0 aromatic heterocycles. The minimum Gasteiger partial charge on any atom is -0.493 e. The highest BCUT2D eigenvalue weighted by atomic mass is 35.5. The number of halogens is 2. The minimum atomic E-state index is -0.176. The van der Waals surface area contributed by atoms with Crippen LogP contribution in [0.25, 0.3) is 6.08 Å². The van der Waals surface area contributed by atoms with E-state index in [4.69, 9.17) is 37.7 Å². The first-order chi connectivity index (χ1) is 16.5. The Morgan fingerprint density at radius 2 is 1.65 bits per heavy atom.